The highest BCUT2D eigenvalue weighted by Crippen LogP contribution is 2.41. The number of hydrogen-bond acceptors (Lipinski definition) is 4. The van der Waals surface area contributed by atoms with Gasteiger partial charge < -0.3 is 10.2 Å². The maximum atomic E-state index is 4.23. The van der Waals surface area contributed by atoms with Crippen molar-refractivity contribution in [3.05, 3.63) is 24.3 Å². The van der Waals surface area contributed by atoms with Crippen molar-refractivity contribution in [1.29, 1.82) is 0 Å². The summed E-state index contributed by atoms with van der Waals surface area (Å²) >= 11 is 0. The van der Waals surface area contributed by atoms with Gasteiger partial charge in [-0.05, 0) is 39.9 Å². The number of rotatable bonds is 6. The molecule has 112 valence electrons. The Hall–Kier alpha value is -1.00. The fraction of sp³-hybridized carbons (Fsp3) is 0.750. The monoisotopic (exact) mass is 276 g/mol. The predicted octanol–water partition coefficient (Wildman–Crippen LogP) is 2.78. The van der Waals surface area contributed by atoms with Gasteiger partial charge in [-0.25, -0.2) is 9.97 Å². The zero-order valence-corrected chi connectivity index (χ0v) is 13.1. The van der Waals surface area contributed by atoms with E-state index >= 15 is 0 Å². The molecule has 1 unspecified atom stereocenters. The molecule has 0 radical (unpaired) electrons. The van der Waals surface area contributed by atoms with Crippen LogP contribution >= 0.6 is 0 Å². The molecule has 1 atom stereocenters. The minimum atomic E-state index is 0.193. The van der Waals surface area contributed by atoms with Crippen LogP contribution in [0.25, 0.3) is 0 Å². The highest BCUT2D eigenvalue weighted by molar-refractivity contribution is 5.18. The first-order valence-corrected chi connectivity index (χ1v) is 7.86. The molecule has 1 aliphatic rings. The Kier molecular flexibility index (Phi) is 5.49. The Morgan fingerprint density at radius 1 is 1.20 bits per heavy atom. The highest BCUT2D eigenvalue weighted by atomic mass is 15.2. The normalized spacial score (nSPS) is 20.0. The van der Waals surface area contributed by atoms with Crippen LogP contribution < -0.4 is 5.32 Å². The molecule has 0 saturated heterocycles. The molecular weight excluding hydrogens is 248 g/mol. The van der Waals surface area contributed by atoms with E-state index in [9.17, 15) is 0 Å². The predicted molar refractivity (Wildman–Crippen MR) is 82.6 cm³/mol. The smallest absolute Gasteiger partial charge is 0.115 e. The van der Waals surface area contributed by atoms with E-state index in [0.29, 0.717) is 6.04 Å². The number of likely N-dealkylation sites (N-methyl/N-ethyl adjacent to an activating group) is 1. The molecule has 0 amide bonds. The summed E-state index contributed by atoms with van der Waals surface area (Å²) in [5, 5.41) is 3.76. The van der Waals surface area contributed by atoms with Gasteiger partial charge in [0.25, 0.3) is 0 Å². The lowest BCUT2D eigenvalue weighted by molar-refractivity contribution is 0.0561. The largest absolute Gasteiger partial charge is 0.308 e. The first kappa shape index (κ1) is 15.4. The second-order valence-corrected chi connectivity index (χ2v) is 6.12. The van der Waals surface area contributed by atoms with Gasteiger partial charge in [-0.15, -0.1) is 0 Å². The summed E-state index contributed by atoms with van der Waals surface area (Å²) in [5.41, 5.74) is 1.41. The van der Waals surface area contributed by atoms with Gasteiger partial charge in [0.2, 0.25) is 0 Å². The Labute approximate surface area is 123 Å². The van der Waals surface area contributed by atoms with Crippen LogP contribution in [-0.2, 0) is 0 Å². The molecule has 1 N–H and O–H groups in total. The Morgan fingerprint density at radius 2 is 1.85 bits per heavy atom. The molecule has 1 fully saturated rings. The van der Waals surface area contributed by atoms with Gasteiger partial charge in [0.15, 0.2) is 0 Å². The van der Waals surface area contributed by atoms with E-state index in [1.54, 1.807) is 6.33 Å². The number of nitrogens with one attached hydrogen (secondary N) is 1. The number of hydrogen-bond donors (Lipinski definition) is 1. The highest BCUT2D eigenvalue weighted by Gasteiger charge is 2.42. The Balaban J connectivity index is 2.32. The third-order valence-electron chi connectivity index (χ3n) is 4.66. The summed E-state index contributed by atoms with van der Waals surface area (Å²) < 4.78 is 0. The van der Waals surface area contributed by atoms with Crippen molar-refractivity contribution in [2.24, 2.45) is 0 Å². The number of aromatic nitrogens is 2. The fourth-order valence-electron chi connectivity index (χ4n) is 3.52. The lowest BCUT2D eigenvalue weighted by Crippen LogP contribution is -2.55. The van der Waals surface area contributed by atoms with Gasteiger partial charge in [0, 0.05) is 23.5 Å². The molecule has 1 aromatic heterocycles. The van der Waals surface area contributed by atoms with Crippen LogP contribution in [0.1, 0.15) is 57.1 Å². The van der Waals surface area contributed by atoms with Crippen LogP contribution in [0.5, 0.6) is 0 Å². The molecule has 2 rings (SSSR count). The lowest BCUT2D eigenvalue weighted by Gasteiger charge is -2.49. The minimum absolute atomic E-state index is 0.193. The quantitative estimate of drug-likeness (QED) is 0.867. The zero-order valence-electron chi connectivity index (χ0n) is 13.1. The van der Waals surface area contributed by atoms with Crippen molar-refractivity contribution in [2.75, 3.05) is 20.6 Å². The molecule has 0 aliphatic heterocycles. The van der Waals surface area contributed by atoms with Crippen molar-refractivity contribution >= 4 is 0 Å². The molecule has 1 aromatic rings. The summed E-state index contributed by atoms with van der Waals surface area (Å²) in [7, 11) is 4.44. The van der Waals surface area contributed by atoms with Gasteiger partial charge in [-0.2, -0.15) is 0 Å². The number of nitrogens with zero attached hydrogens (tertiary/aromatic N) is 3. The summed E-state index contributed by atoms with van der Waals surface area (Å²) in [5.74, 6) is 0. The van der Waals surface area contributed by atoms with Gasteiger partial charge >= 0.3 is 0 Å². The molecule has 0 spiro atoms. The van der Waals surface area contributed by atoms with Crippen LogP contribution in [0.15, 0.2) is 18.7 Å². The summed E-state index contributed by atoms with van der Waals surface area (Å²) in [6.45, 7) is 3.25. The van der Waals surface area contributed by atoms with Crippen LogP contribution in [0, 0.1) is 0 Å². The molecule has 1 aliphatic carbocycles. The van der Waals surface area contributed by atoms with Crippen molar-refractivity contribution in [3.8, 4) is 0 Å². The van der Waals surface area contributed by atoms with Crippen molar-refractivity contribution in [3.63, 3.8) is 0 Å². The van der Waals surface area contributed by atoms with E-state index in [2.05, 4.69) is 41.2 Å². The minimum Gasteiger partial charge on any atom is -0.308 e. The molecule has 0 bridgehead atoms. The SMILES string of the molecule is CCCNC(c1cncnc1)C1(N(C)C)CCCCC1. The van der Waals surface area contributed by atoms with Crippen LogP contribution in [0.2, 0.25) is 0 Å². The van der Waals surface area contributed by atoms with Gasteiger partial charge in [0.05, 0.1) is 6.04 Å². The van der Waals surface area contributed by atoms with Crippen LogP contribution in [0.4, 0.5) is 0 Å². The van der Waals surface area contributed by atoms with E-state index < -0.39 is 0 Å². The van der Waals surface area contributed by atoms with E-state index in [4.69, 9.17) is 0 Å². The summed E-state index contributed by atoms with van der Waals surface area (Å²) in [6, 6.07) is 0.318. The third kappa shape index (κ3) is 3.18. The molecule has 0 aromatic carbocycles. The average molecular weight is 276 g/mol. The van der Waals surface area contributed by atoms with Crippen molar-refractivity contribution in [2.45, 2.75) is 57.0 Å². The fourth-order valence-corrected chi connectivity index (χ4v) is 3.52. The van der Waals surface area contributed by atoms with Crippen LogP contribution in [-0.4, -0.2) is 41.0 Å². The second-order valence-electron chi connectivity index (χ2n) is 6.12. The van der Waals surface area contributed by atoms with Crippen LogP contribution in [0.3, 0.4) is 0 Å². The van der Waals surface area contributed by atoms with E-state index in [0.717, 1.165) is 13.0 Å². The first-order valence-electron chi connectivity index (χ1n) is 7.86. The zero-order chi connectivity index (χ0) is 14.4. The third-order valence-corrected chi connectivity index (χ3v) is 4.66. The summed E-state index contributed by atoms with van der Waals surface area (Å²) in [4.78, 5) is 10.9. The molecule has 1 heterocycles. The van der Waals surface area contributed by atoms with Gasteiger partial charge in [-0.3, -0.25) is 0 Å². The summed E-state index contributed by atoms with van der Waals surface area (Å²) in [6.07, 6.45) is 13.2. The topological polar surface area (TPSA) is 41.1 Å². The van der Waals surface area contributed by atoms with E-state index in [-0.39, 0.29) is 5.54 Å². The standard InChI is InChI=1S/C16H28N4/c1-4-10-19-15(14-11-17-13-18-12-14)16(20(2)3)8-6-5-7-9-16/h11-13,15,19H,4-10H2,1-3H3. The van der Waals surface area contributed by atoms with Crippen molar-refractivity contribution < 1.29 is 0 Å². The molecular formula is C16H28N4. The maximum absolute atomic E-state index is 4.23. The van der Waals surface area contributed by atoms with E-state index in [1.165, 1.54) is 37.7 Å². The van der Waals surface area contributed by atoms with Crippen molar-refractivity contribution in [1.82, 2.24) is 20.2 Å². The average Bonchev–Trinajstić information content (AvgIpc) is 2.49. The van der Waals surface area contributed by atoms with E-state index in [1.807, 2.05) is 12.4 Å². The second kappa shape index (κ2) is 7.14. The van der Waals surface area contributed by atoms with Gasteiger partial charge in [0.1, 0.15) is 6.33 Å². The molecule has 4 nitrogen and oxygen atoms in total. The molecule has 1 saturated carbocycles. The molecule has 4 heteroatoms. The molecule has 20 heavy (non-hydrogen) atoms. The Bertz CT molecular complexity index is 385. The van der Waals surface area contributed by atoms with Gasteiger partial charge in [-0.1, -0.05) is 26.2 Å². The first-order chi connectivity index (χ1) is 9.70. The lowest BCUT2D eigenvalue weighted by atomic mass is 9.73. The maximum Gasteiger partial charge on any atom is 0.115 e. The Morgan fingerprint density at radius 3 is 2.40 bits per heavy atom.